The Labute approximate surface area is 182 Å². The number of piperidine rings is 1. The fraction of sp³-hybridized carbons (Fsp3) is 0.636. The van der Waals surface area contributed by atoms with E-state index in [4.69, 9.17) is 11.6 Å². The van der Waals surface area contributed by atoms with Gasteiger partial charge in [-0.25, -0.2) is 9.18 Å². The van der Waals surface area contributed by atoms with Gasteiger partial charge in [0, 0.05) is 25.3 Å². The maximum absolute atomic E-state index is 13.3. The summed E-state index contributed by atoms with van der Waals surface area (Å²) < 4.78 is 13.3. The van der Waals surface area contributed by atoms with E-state index in [9.17, 15) is 14.0 Å². The maximum Gasteiger partial charge on any atom is 0.322 e. The summed E-state index contributed by atoms with van der Waals surface area (Å²) in [6, 6.07) is 3.12. The summed E-state index contributed by atoms with van der Waals surface area (Å²) in [7, 11) is 0. The van der Waals surface area contributed by atoms with Crippen LogP contribution in [0.2, 0.25) is 5.02 Å². The number of carbonyl (C=O) groups is 2. The average Bonchev–Trinajstić information content (AvgIpc) is 3.48. The molecule has 2 saturated heterocycles. The Bertz CT molecular complexity index is 806. The molecule has 2 aliphatic heterocycles. The number of nitrogens with one attached hydrogen (secondary N) is 1. The minimum Gasteiger partial charge on any atom is -0.339 e. The summed E-state index contributed by atoms with van der Waals surface area (Å²) in [6.07, 6.45) is 6.45. The Morgan fingerprint density at radius 1 is 1.17 bits per heavy atom. The first kappa shape index (κ1) is 21.4. The third-order valence-electron chi connectivity index (χ3n) is 6.96. The van der Waals surface area contributed by atoms with Gasteiger partial charge in [-0.15, -0.1) is 0 Å². The van der Waals surface area contributed by atoms with E-state index in [0.29, 0.717) is 24.2 Å². The van der Waals surface area contributed by atoms with E-state index in [0.717, 1.165) is 19.5 Å². The number of likely N-dealkylation sites (tertiary alicyclic amines) is 1. The molecule has 1 aromatic rings. The number of rotatable bonds is 5. The molecule has 0 aromatic heterocycles. The third-order valence-corrected chi connectivity index (χ3v) is 7.24. The summed E-state index contributed by atoms with van der Waals surface area (Å²) in [5, 5.41) is 2.65. The maximum atomic E-state index is 13.3. The molecule has 1 saturated carbocycles. The summed E-state index contributed by atoms with van der Waals surface area (Å²) in [6.45, 7) is 6.89. The van der Waals surface area contributed by atoms with Crippen LogP contribution in [0.25, 0.3) is 0 Å². The van der Waals surface area contributed by atoms with Gasteiger partial charge in [-0.1, -0.05) is 11.6 Å². The molecule has 6 nitrogen and oxygen atoms in total. The molecular formula is C22H30ClFN4O2. The monoisotopic (exact) mass is 436 g/mol. The molecule has 1 unspecified atom stereocenters. The smallest absolute Gasteiger partial charge is 0.322 e. The molecule has 1 N–H and O–H groups in total. The summed E-state index contributed by atoms with van der Waals surface area (Å²) in [5.41, 5.74) is 1.10. The zero-order chi connectivity index (χ0) is 21.3. The Balaban J connectivity index is 1.23. The van der Waals surface area contributed by atoms with E-state index in [1.165, 1.54) is 61.9 Å². The summed E-state index contributed by atoms with van der Waals surface area (Å²) >= 11 is 5.77. The number of anilines is 1. The molecule has 8 heteroatoms. The van der Waals surface area contributed by atoms with E-state index < -0.39 is 11.9 Å². The van der Waals surface area contributed by atoms with Crippen molar-refractivity contribution >= 4 is 29.2 Å². The van der Waals surface area contributed by atoms with Gasteiger partial charge in [-0.3, -0.25) is 4.79 Å². The van der Waals surface area contributed by atoms with Crippen LogP contribution in [0.1, 0.15) is 39.0 Å². The second-order valence-electron chi connectivity index (χ2n) is 8.95. The van der Waals surface area contributed by atoms with Crippen molar-refractivity contribution in [1.82, 2.24) is 14.7 Å². The van der Waals surface area contributed by atoms with E-state index in [1.807, 2.05) is 4.90 Å². The van der Waals surface area contributed by atoms with Crippen LogP contribution < -0.4 is 5.32 Å². The number of piperazine rings is 1. The highest BCUT2D eigenvalue weighted by Crippen LogP contribution is 2.53. The Kier molecular flexibility index (Phi) is 6.21. The van der Waals surface area contributed by atoms with Crippen LogP contribution in [0.3, 0.4) is 0 Å². The highest BCUT2D eigenvalue weighted by atomic mass is 35.5. The predicted octanol–water partition coefficient (Wildman–Crippen LogP) is 3.81. The van der Waals surface area contributed by atoms with Crippen molar-refractivity contribution in [3.8, 4) is 0 Å². The summed E-state index contributed by atoms with van der Waals surface area (Å²) in [4.78, 5) is 31.3. The van der Waals surface area contributed by atoms with Crippen molar-refractivity contribution in [2.45, 2.75) is 45.1 Å². The van der Waals surface area contributed by atoms with E-state index in [2.05, 4.69) is 10.2 Å². The van der Waals surface area contributed by atoms with Crippen molar-refractivity contribution in [3.05, 3.63) is 29.0 Å². The van der Waals surface area contributed by atoms with Crippen LogP contribution in [0.5, 0.6) is 0 Å². The Hall–Kier alpha value is -1.86. The number of halogens is 2. The fourth-order valence-electron chi connectivity index (χ4n) is 4.61. The molecular weight excluding hydrogens is 407 g/mol. The molecule has 2 heterocycles. The van der Waals surface area contributed by atoms with Gasteiger partial charge in [0.1, 0.15) is 11.9 Å². The van der Waals surface area contributed by atoms with Gasteiger partial charge in [-0.2, -0.15) is 0 Å². The van der Waals surface area contributed by atoms with Crippen LogP contribution in [-0.2, 0) is 4.79 Å². The standard InChI is InChI=1S/C22H30ClFN4O2/c1-16-20(29)27(10-2-9-26-11-7-22(5-6-22)8-12-26)13-14-28(16)21(30)25-17-3-4-19(24)18(23)15-17/h3-4,15-16H,2,5-14H2,1H3,(H,25,30). The predicted molar refractivity (Wildman–Crippen MR) is 115 cm³/mol. The Morgan fingerprint density at radius 3 is 2.57 bits per heavy atom. The summed E-state index contributed by atoms with van der Waals surface area (Å²) in [5.74, 6) is -0.562. The number of carbonyl (C=O) groups excluding carboxylic acids is 2. The molecule has 4 rings (SSSR count). The van der Waals surface area contributed by atoms with E-state index in [1.54, 1.807) is 6.92 Å². The van der Waals surface area contributed by atoms with Gasteiger partial charge in [0.15, 0.2) is 0 Å². The minimum atomic E-state index is -0.538. The van der Waals surface area contributed by atoms with Crippen LogP contribution in [0.15, 0.2) is 18.2 Å². The highest BCUT2D eigenvalue weighted by molar-refractivity contribution is 6.31. The lowest BCUT2D eigenvalue weighted by molar-refractivity contribution is -0.139. The molecule has 1 aromatic carbocycles. The van der Waals surface area contributed by atoms with Crippen molar-refractivity contribution in [3.63, 3.8) is 0 Å². The number of benzene rings is 1. The molecule has 1 aliphatic carbocycles. The number of hydrogen-bond acceptors (Lipinski definition) is 3. The SMILES string of the molecule is CC1C(=O)N(CCCN2CCC3(CC2)CC3)CCN1C(=O)Nc1ccc(F)c(Cl)c1. The first-order valence-corrected chi connectivity index (χ1v) is 11.3. The third kappa shape index (κ3) is 4.72. The lowest BCUT2D eigenvalue weighted by Crippen LogP contribution is -2.58. The van der Waals surface area contributed by atoms with Crippen LogP contribution >= 0.6 is 11.6 Å². The fourth-order valence-corrected chi connectivity index (χ4v) is 4.79. The van der Waals surface area contributed by atoms with Gasteiger partial charge >= 0.3 is 6.03 Å². The van der Waals surface area contributed by atoms with Gasteiger partial charge < -0.3 is 20.0 Å². The normalized spacial score (nSPS) is 23.7. The second-order valence-corrected chi connectivity index (χ2v) is 9.36. The molecule has 30 heavy (non-hydrogen) atoms. The van der Waals surface area contributed by atoms with Crippen molar-refractivity contribution in [2.24, 2.45) is 5.41 Å². The number of urea groups is 1. The molecule has 0 radical (unpaired) electrons. The number of amides is 3. The lowest BCUT2D eigenvalue weighted by atomic mass is 9.94. The molecule has 164 valence electrons. The molecule has 0 bridgehead atoms. The molecule has 3 aliphatic rings. The van der Waals surface area contributed by atoms with Gasteiger partial charge in [0.05, 0.1) is 5.02 Å². The quantitative estimate of drug-likeness (QED) is 0.763. The van der Waals surface area contributed by atoms with Crippen molar-refractivity contribution in [1.29, 1.82) is 0 Å². The van der Waals surface area contributed by atoms with E-state index >= 15 is 0 Å². The number of hydrogen-bond donors (Lipinski definition) is 1. The second kappa shape index (κ2) is 8.71. The molecule has 1 atom stereocenters. The van der Waals surface area contributed by atoms with Gasteiger partial charge in [0.2, 0.25) is 5.91 Å². The van der Waals surface area contributed by atoms with E-state index in [-0.39, 0.29) is 17.0 Å². The Morgan fingerprint density at radius 2 is 1.90 bits per heavy atom. The first-order chi connectivity index (χ1) is 14.4. The zero-order valence-corrected chi connectivity index (χ0v) is 18.3. The zero-order valence-electron chi connectivity index (χ0n) is 17.5. The highest BCUT2D eigenvalue weighted by Gasteiger charge is 2.44. The first-order valence-electron chi connectivity index (χ1n) is 10.9. The van der Waals surface area contributed by atoms with Gasteiger partial charge in [-0.05, 0) is 82.3 Å². The van der Waals surface area contributed by atoms with Gasteiger partial charge in [0.25, 0.3) is 0 Å². The minimum absolute atomic E-state index is 0.0240. The van der Waals surface area contributed by atoms with Crippen molar-refractivity contribution < 1.29 is 14.0 Å². The van der Waals surface area contributed by atoms with Crippen LogP contribution in [0, 0.1) is 11.2 Å². The molecule has 3 fully saturated rings. The largest absolute Gasteiger partial charge is 0.339 e. The van der Waals surface area contributed by atoms with Crippen molar-refractivity contribution in [2.75, 3.05) is 44.6 Å². The lowest BCUT2D eigenvalue weighted by Gasteiger charge is -2.39. The molecule has 1 spiro atoms. The topological polar surface area (TPSA) is 55.9 Å². The molecule has 3 amide bonds. The average molecular weight is 437 g/mol. The van der Waals surface area contributed by atoms with Crippen LogP contribution in [-0.4, -0.2) is 71.9 Å². The van der Waals surface area contributed by atoms with Crippen LogP contribution in [0.4, 0.5) is 14.9 Å². The number of nitrogens with zero attached hydrogens (tertiary/aromatic N) is 3.